The molecule has 0 aliphatic heterocycles. The lowest BCUT2D eigenvalue weighted by atomic mass is 9.87. The number of pyridine rings is 1. The highest BCUT2D eigenvalue weighted by molar-refractivity contribution is 7.25. The van der Waals surface area contributed by atoms with Crippen molar-refractivity contribution in [3.05, 3.63) is 188 Å². The van der Waals surface area contributed by atoms with Crippen LogP contribution in [0, 0.1) is 0 Å². The van der Waals surface area contributed by atoms with Gasteiger partial charge in [-0.1, -0.05) is 158 Å². The quantitative estimate of drug-likeness (QED) is 0.167. The van der Waals surface area contributed by atoms with Gasteiger partial charge in [0.15, 0.2) is 0 Å². The Morgan fingerprint density at radius 1 is 0.294 bits per heavy atom. The van der Waals surface area contributed by atoms with Crippen molar-refractivity contribution in [2.24, 2.45) is 0 Å². The van der Waals surface area contributed by atoms with Crippen molar-refractivity contribution in [2.75, 3.05) is 0 Å². The standard InChI is InChI=1S/C49H31NS/c1-2-10-32(11-3-1)33-22-24-36(25-23-33)48-40-13-4-6-15-42(40)49(43-16-7-5-14-41(43)48)45-28-26-38(31-50-45)35-20-18-34(19-21-35)37-27-29-47-44(30-37)39-12-8-9-17-46(39)51-47/h1-31H. The Morgan fingerprint density at radius 2 is 0.745 bits per heavy atom. The molecule has 0 aliphatic carbocycles. The monoisotopic (exact) mass is 665 g/mol. The molecule has 0 atom stereocenters. The minimum Gasteiger partial charge on any atom is -0.256 e. The maximum Gasteiger partial charge on any atom is 0.0714 e. The van der Waals surface area contributed by atoms with Crippen LogP contribution in [0.4, 0.5) is 0 Å². The molecule has 2 aromatic heterocycles. The summed E-state index contributed by atoms with van der Waals surface area (Å²) in [6.45, 7) is 0. The van der Waals surface area contributed by atoms with E-state index in [0.29, 0.717) is 0 Å². The SMILES string of the molecule is c1ccc(-c2ccc(-c3c4ccccc4c(-c4ccc(-c5ccc(-c6ccc7sc8ccccc8c7c6)cc5)cn4)c4ccccc34)cc2)cc1. The second-order valence-electron chi connectivity index (χ2n) is 13.1. The van der Waals surface area contributed by atoms with E-state index >= 15 is 0 Å². The Kier molecular flexibility index (Phi) is 7.07. The van der Waals surface area contributed by atoms with Gasteiger partial charge in [0, 0.05) is 37.5 Å². The van der Waals surface area contributed by atoms with E-state index in [-0.39, 0.29) is 0 Å². The number of aromatic nitrogens is 1. The molecule has 51 heavy (non-hydrogen) atoms. The van der Waals surface area contributed by atoms with Crippen molar-refractivity contribution in [2.45, 2.75) is 0 Å². The first kappa shape index (κ1) is 29.6. The van der Waals surface area contributed by atoms with Crippen molar-refractivity contribution >= 4 is 53.1 Å². The lowest BCUT2D eigenvalue weighted by Crippen LogP contribution is -1.92. The number of thiophene rings is 1. The lowest BCUT2D eigenvalue weighted by Gasteiger charge is -2.17. The van der Waals surface area contributed by atoms with Crippen LogP contribution in [0.15, 0.2) is 188 Å². The Balaban J connectivity index is 1.01. The molecule has 2 heterocycles. The van der Waals surface area contributed by atoms with Crippen molar-refractivity contribution in [1.82, 2.24) is 4.98 Å². The fourth-order valence-corrected chi connectivity index (χ4v) is 8.74. The van der Waals surface area contributed by atoms with Gasteiger partial charge in [-0.15, -0.1) is 11.3 Å². The summed E-state index contributed by atoms with van der Waals surface area (Å²) in [7, 11) is 0. The van der Waals surface area contributed by atoms with Gasteiger partial charge in [0.25, 0.3) is 0 Å². The van der Waals surface area contributed by atoms with E-state index in [0.717, 1.165) is 16.8 Å². The van der Waals surface area contributed by atoms with Gasteiger partial charge in [-0.25, -0.2) is 0 Å². The molecule has 0 saturated carbocycles. The first-order valence-corrected chi connectivity index (χ1v) is 18.2. The molecule has 0 saturated heterocycles. The molecule has 0 bridgehead atoms. The zero-order chi connectivity index (χ0) is 33.7. The summed E-state index contributed by atoms with van der Waals surface area (Å²) < 4.78 is 2.66. The zero-order valence-corrected chi connectivity index (χ0v) is 28.6. The molecule has 0 N–H and O–H groups in total. The first-order valence-electron chi connectivity index (χ1n) is 17.4. The van der Waals surface area contributed by atoms with Gasteiger partial charge in [-0.3, -0.25) is 4.98 Å². The third kappa shape index (κ3) is 5.12. The van der Waals surface area contributed by atoms with Crippen LogP contribution in [-0.2, 0) is 0 Å². The minimum absolute atomic E-state index is 0.977. The van der Waals surface area contributed by atoms with E-state index in [1.54, 1.807) is 0 Å². The number of fused-ring (bicyclic) bond motifs is 5. The van der Waals surface area contributed by atoms with Crippen molar-refractivity contribution in [1.29, 1.82) is 0 Å². The average Bonchev–Trinajstić information content (AvgIpc) is 3.59. The van der Waals surface area contributed by atoms with Gasteiger partial charge in [0.1, 0.15) is 0 Å². The minimum atomic E-state index is 0.977. The Hall–Kier alpha value is -6.35. The number of rotatable bonds is 5. The molecular weight excluding hydrogens is 635 g/mol. The van der Waals surface area contributed by atoms with Crippen LogP contribution in [-0.4, -0.2) is 4.98 Å². The molecule has 1 nitrogen and oxygen atoms in total. The number of benzene rings is 8. The topological polar surface area (TPSA) is 12.9 Å². The zero-order valence-electron chi connectivity index (χ0n) is 27.8. The predicted octanol–water partition coefficient (Wildman–Crippen LogP) is 14.1. The highest BCUT2D eigenvalue weighted by atomic mass is 32.1. The van der Waals surface area contributed by atoms with Gasteiger partial charge in [-0.2, -0.15) is 0 Å². The van der Waals surface area contributed by atoms with E-state index < -0.39 is 0 Å². The molecule has 0 radical (unpaired) electrons. The number of nitrogens with zero attached hydrogens (tertiary/aromatic N) is 1. The highest BCUT2D eigenvalue weighted by Gasteiger charge is 2.17. The lowest BCUT2D eigenvalue weighted by molar-refractivity contribution is 1.34. The van der Waals surface area contributed by atoms with Crippen LogP contribution in [0.25, 0.3) is 97.5 Å². The molecule has 10 rings (SSSR count). The molecule has 0 aliphatic rings. The second kappa shape index (κ2) is 12.2. The third-order valence-corrected chi connectivity index (χ3v) is 11.3. The summed E-state index contributed by atoms with van der Waals surface area (Å²) in [5.41, 5.74) is 11.8. The number of hydrogen-bond donors (Lipinski definition) is 0. The molecule has 2 heteroatoms. The summed E-state index contributed by atoms with van der Waals surface area (Å²) in [6.07, 6.45) is 2.02. The van der Waals surface area contributed by atoms with E-state index in [9.17, 15) is 0 Å². The summed E-state index contributed by atoms with van der Waals surface area (Å²) in [5.74, 6) is 0. The van der Waals surface area contributed by atoms with Crippen LogP contribution in [0.3, 0.4) is 0 Å². The van der Waals surface area contributed by atoms with Crippen LogP contribution >= 0.6 is 11.3 Å². The maximum absolute atomic E-state index is 5.11. The van der Waals surface area contributed by atoms with Gasteiger partial charge in [0.2, 0.25) is 0 Å². The predicted molar refractivity (Wildman–Crippen MR) is 219 cm³/mol. The summed E-state index contributed by atoms with van der Waals surface area (Å²) in [5, 5.41) is 7.53. The summed E-state index contributed by atoms with van der Waals surface area (Å²) in [6, 6.07) is 65.9. The van der Waals surface area contributed by atoms with E-state index in [4.69, 9.17) is 4.98 Å². The molecule has 10 aromatic rings. The van der Waals surface area contributed by atoms with E-state index in [1.165, 1.54) is 80.7 Å². The van der Waals surface area contributed by atoms with Crippen LogP contribution in [0.1, 0.15) is 0 Å². The number of hydrogen-bond acceptors (Lipinski definition) is 2. The molecular formula is C49H31NS. The van der Waals surface area contributed by atoms with Crippen molar-refractivity contribution in [3.63, 3.8) is 0 Å². The first-order chi connectivity index (χ1) is 25.3. The van der Waals surface area contributed by atoms with Crippen LogP contribution in [0.5, 0.6) is 0 Å². The molecule has 8 aromatic carbocycles. The largest absolute Gasteiger partial charge is 0.256 e. The van der Waals surface area contributed by atoms with Gasteiger partial charge in [0.05, 0.1) is 5.69 Å². The van der Waals surface area contributed by atoms with Gasteiger partial charge in [-0.05, 0) is 84.8 Å². The molecule has 0 amide bonds. The van der Waals surface area contributed by atoms with E-state index in [1.807, 2.05) is 17.5 Å². The fraction of sp³-hybridized carbons (Fsp3) is 0. The van der Waals surface area contributed by atoms with Gasteiger partial charge >= 0.3 is 0 Å². The maximum atomic E-state index is 5.11. The van der Waals surface area contributed by atoms with Crippen molar-refractivity contribution < 1.29 is 0 Å². The molecule has 0 fully saturated rings. The van der Waals surface area contributed by atoms with Crippen LogP contribution < -0.4 is 0 Å². The average molecular weight is 666 g/mol. The van der Waals surface area contributed by atoms with Crippen LogP contribution in [0.2, 0.25) is 0 Å². The Bertz CT molecular complexity index is 2810. The summed E-state index contributed by atoms with van der Waals surface area (Å²) >= 11 is 1.86. The molecule has 0 unspecified atom stereocenters. The molecule has 238 valence electrons. The molecule has 0 spiro atoms. The second-order valence-corrected chi connectivity index (χ2v) is 14.2. The smallest absolute Gasteiger partial charge is 0.0714 e. The Morgan fingerprint density at radius 3 is 1.37 bits per heavy atom. The Labute approximate surface area is 300 Å². The highest BCUT2D eigenvalue weighted by Crippen LogP contribution is 2.44. The normalized spacial score (nSPS) is 11.5. The van der Waals surface area contributed by atoms with Gasteiger partial charge < -0.3 is 0 Å². The fourth-order valence-electron chi connectivity index (χ4n) is 7.65. The van der Waals surface area contributed by atoms with E-state index in [2.05, 4.69) is 182 Å². The third-order valence-electron chi connectivity index (χ3n) is 10.2. The van der Waals surface area contributed by atoms with Crippen molar-refractivity contribution in [3.8, 4) is 55.8 Å². The summed E-state index contributed by atoms with van der Waals surface area (Å²) in [4.78, 5) is 5.11.